The quantitative estimate of drug-likeness (QED) is 0.601. The second kappa shape index (κ2) is 6.22. The predicted molar refractivity (Wildman–Crippen MR) is 73.1 cm³/mol. The van der Waals surface area contributed by atoms with Gasteiger partial charge in [-0.2, -0.15) is 0 Å². The molecule has 0 aliphatic rings. The van der Waals surface area contributed by atoms with Gasteiger partial charge in [-0.3, -0.25) is 0 Å². The first-order valence-corrected chi connectivity index (χ1v) is 6.10. The number of benzene rings is 2. The van der Waals surface area contributed by atoms with Crippen LogP contribution in [0.25, 0.3) is 11.1 Å². The Labute approximate surface area is 111 Å². The topological polar surface area (TPSA) is 26.3 Å². The van der Waals surface area contributed by atoms with E-state index in [-0.39, 0.29) is 0 Å². The zero-order valence-electron chi connectivity index (χ0n) is 9.80. The summed E-state index contributed by atoms with van der Waals surface area (Å²) < 4.78 is 5.40. The minimum atomic E-state index is 0.355. The molecule has 0 fully saturated rings. The van der Waals surface area contributed by atoms with Gasteiger partial charge in [0.15, 0.2) is 0 Å². The minimum absolute atomic E-state index is 0.355. The monoisotopic (exact) mass is 260 g/mol. The molecule has 0 aromatic heterocycles. The van der Waals surface area contributed by atoms with Crippen LogP contribution in [0.2, 0.25) is 5.02 Å². The van der Waals surface area contributed by atoms with Crippen LogP contribution in [0.5, 0.6) is 5.75 Å². The third-order valence-corrected chi connectivity index (χ3v) is 2.83. The van der Waals surface area contributed by atoms with E-state index in [4.69, 9.17) is 16.3 Å². The van der Waals surface area contributed by atoms with Gasteiger partial charge in [-0.05, 0) is 23.3 Å². The van der Waals surface area contributed by atoms with E-state index in [9.17, 15) is 4.79 Å². The van der Waals surface area contributed by atoms with E-state index in [1.807, 2.05) is 48.5 Å². The molecule has 0 bridgehead atoms. The molecule has 2 nitrogen and oxygen atoms in total. The molecule has 0 atom stereocenters. The summed E-state index contributed by atoms with van der Waals surface area (Å²) in [6.45, 7) is 0.355. The Morgan fingerprint density at radius 1 is 1.06 bits per heavy atom. The van der Waals surface area contributed by atoms with E-state index in [0.29, 0.717) is 23.8 Å². The molecule has 2 aromatic carbocycles. The third-order valence-electron chi connectivity index (χ3n) is 2.53. The molecule has 3 heteroatoms. The van der Waals surface area contributed by atoms with E-state index < -0.39 is 0 Å². The van der Waals surface area contributed by atoms with Crippen LogP contribution in [0, 0.1) is 0 Å². The fraction of sp³-hybridized carbons (Fsp3) is 0.133. The lowest BCUT2D eigenvalue weighted by Crippen LogP contribution is -1.98. The first kappa shape index (κ1) is 12.7. The molecule has 92 valence electrons. The van der Waals surface area contributed by atoms with Gasteiger partial charge in [0.25, 0.3) is 0 Å². The van der Waals surface area contributed by atoms with Gasteiger partial charge in [0, 0.05) is 6.42 Å². The molecule has 0 saturated heterocycles. The van der Waals surface area contributed by atoms with Gasteiger partial charge in [-0.1, -0.05) is 48.0 Å². The lowest BCUT2D eigenvalue weighted by Gasteiger charge is -2.08. The van der Waals surface area contributed by atoms with Crippen molar-refractivity contribution in [3.63, 3.8) is 0 Å². The van der Waals surface area contributed by atoms with Gasteiger partial charge in [-0.25, -0.2) is 0 Å². The Hall–Kier alpha value is -1.80. The number of aldehydes is 1. The Morgan fingerprint density at radius 2 is 1.83 bits per heavy atom. The van der Waals surface area contributed by atoms with Crippen molar-refractivity contribution in [2.45, 2.75) is 6.42 Å². The van der Waals surface area contributed by atoms with Crippen molar-refractivity contribution in [3.05, 3.63) is 53.6 Å². The molecule has 0 spiro atoms. The van der Waals surface area contributed by atoms with Crippen LogP contribution in [-0.2, 0) is 4.79 Å². The molecular formula is C15H13ClO2. The van der Waals surface area contributed by atoms with Gasteiger partial charge >= 0.3 is 0 Å². The fourth-order valence-electron chi connectivity index (χ4n) is 1.65. The Bertz CT molecular complexity index is 523. The van der Waals surface area contributed by atoms with E-state index in [2.05, 4.69) is 0 Å². The smallest absolute Gasteiger partial charge is 0.137 e. The number of carbonyl (C=O) groups excluding carboxylic acids is 1. The summed E-state index contributed by atoms with van der Waals surface area (Å²) >= 11 is 6.14. The Morgan fingerprint density at radius 3 is 2.50 bits per heavy atom. The van der Waals surface area contributed by atoms with Crippen molar-refractivity contribution < 1.29 is 9.53 Å². The largest absolute Gasteiger partial charge is 0.492 e. The summed E-state index contributed by atoms with van der Waals surface area (Å²) in [6.07, 6.45) is 1.20. The minimum Gasteiger partial charge on any atom is -0.492 e. The number of hydrogen-bond acceptors (Lipinski definition) is 2. The van der Waals surface area contributed by atoms with Gasteiger partial charge in [0.1, 0.15) is 12.0 Å². The van der Waals surface area contributed by atoms with Crippen molar-refractivity contribution in [1.29, 1.82) is 0 Å². The summed E-state index contributed by atoms with van der Waals surface area (Å²) in [5.74, 6) is 0.609. The second-order valence-corrected chi connectivity index (χ2v) is 4.22. The van der Waals surface area contributed by atoms with Crippen molar-refractivity contribution in [3.8, 4) is 16.9 Å². The maximum Gasteiger partial charge on any atom is 0.137 e. The molecule has 0 N–H and O–H groups in total. The Kier molecular flexibility index (Phi) is 4.37. The zero-order chi connectivity index (χ0) is 12.8. The highest BCUT2D eigenvalue weighted by molar-refractivity contribution is 6.32. The molecule has 0 aliphatic heterocycles. The lowest BCUT2D eigenvalue weighted by molar-refractivity contribution is -0.108. The fourth-order valence-corrected chi connectivity index (χ4v) is 1.88. The summed E-state index contributed by atoms with van der Waals surface area (Å²) in [5, 5.41) is 0.558. The highest BCUT2D eigenvalue weighted by Gasteiger charge is 2.04. The highest BCUT2D eigenvalue weighted by Crippen LogP contribution is 2.30. The van der Waals surface area contributed by atoms with Crippen LogP contribution < -0.4 is 4.74 Å². The van der Waals surface area contributed by atoms with Gasteiger partial charge < -0.3 is 9.53 Å². The van der Waals surface area contributed by atoms with Crippen molar-refractivity contribution in [1.82, 2.24) is 0 Å². The summed E-state index contributed by atoms with van der Waals surface area (Å²) in [7, 11) is 0. The molecule has 0 amide bonds. The van der Waals surface area contributed by atoms with Crippen LogP contribution in [0.15, 0.2) is 48.5 Å². The third kappa shape index (κ3) is 3.11. The second-order valence-electron chi connectivity index (χ2n) is 3.82. The molecule has 0 unspecified atom stereocenters. The molecule has 0 radical (unpaired) electrons. The molecular weight excluding hydrogens is 248 g/mol. The maximum absolute atomic E-state index is 10.2. The van der Waals surface area contributed by atoms with Gasteiger partial charge in [0.2, 0.25) is 0 Å². The van der Waals surface area contributed by atoms with E-state index in [1.165, 1.54) is 0 Å². The number of rotatable bonds is 5. The molecule has 0 saturated carbocycles. The van der Waals surface area contributed by atoms with E-state index in [0.717, 1.165) is 17.4 Å². The molecule has 0 heterocycles. The van der Waals surface area contributed by atoms with Crippen LogP contribution in [-0.4, -0.2) is 12.9 Å². The number of halogens is 1. The molecule has 18 heavy (non-hydrogen) atoms. The first-order valence-electron chi connectivity index (χ1n) is 5.72. The normalized spacial score (nSPS) is 10.1. The average molecular weight is 261 g/mol. The van der Waals surface area contributed by atoms with Crippen molar-refractivity contribution >= 4 is 17.9 Å². The maximum atomic E-state index is 10.2. The molecule has 2 aromatic rings. The van der Waals surface area contributed by atoms with Crippen molar-refractivity contribution in [2.75, 3.05) is 6.61 Å². The predicted octanol–water partition coefficient (Wildman–Crippen LogP) is 3.97. The number of hydrogen-bond donors (Lipinski definition) is 0. The molecule has 2 rings (SSSR count). The van der Waals surface area contributed by atoms with Crippen LogP contribution in [0.3, 0.4) is 0 Å². The van der Waals surface area contributed by atoms with Gasteiger partial charge in [0.05, 0.1) is 11.6 Å². The van der Waals surface area contributed by atoms with Crippen LogP contribution in [0.4, 0.5) is 0 Å². The standard InChI is InChI=1S/C15H13ClO2/c16-14-11-13(12-5-2-1-3-6-12)7-8-15(14)18-10-4-9-17/h1-3,5-9,11H,4,10H2. The van der Waals surface area contributed by atoms with Crippen LogP contribution in [0.1, 0.15) is 6.42 Å². The SMILES string of the molecule is O=CCCOc1ccc(-c2ccccc2)cc1Cl. The highest BCUT2D eigenvalue weighted by atomic mass is 35.5. The average Bonchev–Trinajstić information content (AvgIpc) is 2.42. The zero-order valence-corrected chi connectivity index (χ0v) is 10.6. The Balaban J connectivity index is 2.17. The van der Waals surface area contributed by atoms with E-state index in [1.54, 1.807) is 0 Å². The summed E-state index contributed by atoms with van der Waals surface area (Å²) in [4.78, 5) is 10.2. The summed E-state index contributed by atoms with van der Waals surface area (Å²) in [5.41, 5.74) is 2.15. The number of ether oxygens (including phenoxy) is 1. The van der Waals surface area contributed by atoms with Gasteiger partial charge in [-0.15, -0.1) is 0 Å². The van der Waals surface area contributed by atoms with E-state index >= 15 is 0 Å². The number of carbonyl (C=O) groups is 1. The lowest BCUT2D eigenvalue weighted by atomic mass is 10.1. The van der Waals surface area contributed by atoms with Crippen LogP contribution >= 0.6 is 11.6 Å². The molecule has 0 aliphatic carbocycles. The first-order chi connectivity index (χ1) is 8.81. The summed E-state index contributed by atoms with van der Waals surface area (Å²) in [6, 6.07) is 15.6. The van der Waals surface area contributed by atoms with Crippen molar-refractivity contribution in [2.24, 2.45) is 0 Å².